The van der Waals surface area contributed by atoms with Crippen molar-refractivity contribution in [2.24, 2.45) is 0 Å². The molecular formula is C30H23ClN6O3. The molecule has 1 atom stereocenters. The van der Waals surface area contributed by atoms with E-state index in [0.29, 0.717) is 39.8 Å². The number of aryl methyl sites for hydroxylation is 1. The van der Waals surface area contributed by atoms with Crippen molar-refractivity contribution in [2.45, 2.75) is 12.8 Å². The van der Waals surface area contributed by atoms with Crippen LogP contribution in [0, 0.1) is 6.92 Å². The van der Waals surface area contributed by atoms with Gasteiger partial charge in [-0.15, -0.1) is 5.10 Å². The molecule has 0 radical (unpaired) electrons. The molecule has 0 amide bonds. The van der Waals surface area contributed by atoms with Crippen molar-refractivity contribution < 1.29 is 14.2 Å². The van der Waals surface area contributed by atoms with E-state index in [1.165, 1.54) is 0 Å². The van der Waals surface area contributed by atoms with Crippen LogP contribution in [0.15, 0.2) is 79.1 Å². The maximum absolute atomic E-state index is 6.51. The predicted octanol–water partition coefficient (Wildman–Crippen LogP) is 6.24. The molecule has 0 bridgehead atoms. The largest absolute Gasteiger partial charge is 0.493 e. The van der Waals surface area contributed by atoms with E-state index in [9.17, 15) is 0 Å². The van der Waals surface area contributed by atoms with Gasteiger partial charge in [-0.1, -0.05) is 48.0 Å². The number of benzene rings is 3. The number of rotatable bonds is 5. The summed E-state index contributed by atoms with van der Waals surface area (Å²) in [6.07, 6.45) is 1.61. The van der Waals surface area contributed by atoms with Crippen molar-refractivity contribution in [1.82, 2.24) is 29.4 Å². The van der Waals surface area contributed by atoms with Gasteiger partial charge in [0.05, 0.1) is 47.7 Å². The average Bonchev–Trinajstić information content (AvgIpc) is 3.57. The molecule has 3 aromatic carbocycles. The fraction of sp³-hybridized carbons (Fsp3) is 0.133. The van der Waals surface area contributed by atoms with Gasteiger partial charge in [0.1, 0.15) is 6.33 Å². The molecule has 40 heavy (non-hydrogen) atoms. The van der Waals surface area contributed by atoms with Gasteiger partial charge in [0.15, 0.2) is 23.0 Å². The summed E-state index contributed by atoms with van der Waals surface area (Å²) in [4.78, 5) is 9.62. The average molecular weight is 551 g/mol. The second-order valence-corrected chi connectivity index (χ2v) is 9.76. The molecular weight excluding hydrogens is 528 g/mol. The fourth-order valence-corrected chi connectivity index (χ4v) is 5.47. The second-order valence-electron chi connectivity index (χ2n) is 9.35. The van der Waals surface area contributed by atoms with Gasteiger partial charge < -0.3 is 14.2 Å². The van der Waals surface area contributed by atoms with Gasteiger partial charge in [-0.25, -0.2) is 19.2 Å². The first-order valence-corrected chi connectivity index (χ1v) is 13.0. The van der Waals surface area contributed by atoms with Crippen LogP contribution >= 0.6 is 11.6 Å². The quantitative estimate of drug-likeness (QED) is 0.250. The van der Waals surface area contributed by atoms with E-state index in [0.717, 1.165) is 33.6 Å². The highest BCUT2D eigenvalue weighted by atomic mass is 35.5. The summed E-state index contributed by atoms with van der Waals surface area (Å²) in [5.41, 5.74) is 5.65. The predicted molar refractivity (Wildman–Crippen MR) is 150 cm³/mol. The Hall–Kier alpha value is -4.89. The third-order valence-corrected chi connectivity index (χ3v) is 7.41. The highest BCUT2D eigenvalue weighted by molar-refractivity contribution is 6.33. The minimum Gasteiger partial charge on any atom is -0.493 e. The summed E-state index contributed by atoms with van der Waals surface area (Å²) in [5.74, 6) is 2.43. The van der Waals surface area contributed by atoms with Crippen molar-refractivity contribution in [2.75, 3.05) is 14.2 Å². The number of ether oxygens (including phenoxy) is 3. The first kappa shape index (κ1) is 24.2. The second kappa shape index (κ2) is 9.39. The van der Waals surface area contributed by atoms with Crippen LogP contribution in [-0.4, -0.2) is 43.6 Å². The maximum Gasteiger partial charge on any atom is 0.230 e. The highest BCUT2D eigenvalue weighted by Crippen LogP contribution is 2.50. The third kappa shape index (κ3) is 3.70. The Morgan fingerprint density at radius 1 is 0.875 bits per heavy atom. The van der Waals surface area contributed by atoms with Crippen molar-refractivity contribution in [3.63, 3.8) is 0 Å². The van der Waals surface area contributed by atoms with Gasteiger partial charge in [0.2, 0.25) is 11.8 Å². The number of methoxy groups -OCH3 is 2. The van der Waals surface area contributed by atoms with E-state index >= 15 is 0 Å². The monoisotopic (exact) mass is 550 g/mol. The molecule has 6 aromatic rings. The number of halogens is 1. The zero-order chi connectivity index (χ0) is 27.4. The summed E-state index contributed by atoms with van der Waals surface area (Å²) in [5, 5.41) is 10.2. The third-order valence-electron chi connectivity index (χ3n) is 7.08. The van der Waals surface area contributed by atoms with Crippen molar-refractivity contribution >= 4 is 17.2 Å². The van der Waals surface area contributed by atoms with E-state index in [-0.39, 0.29) is 5.92 Å². The first-order chi connectivity index (χ1) is 19.6. The van der Waals surface area contributed by atoms with Gasteiger partial charge in [-0.05, 0) is 48.9 Å². The lowest BCUT2D eigenvalue weighted by Crippen LogP contribution is -2.16. The lowest BCUT2D eigenvalue weighted by molar-refractivity contribution is 0.354. The number of hydrogen-bond donors (Lipinski definition) is 0. The lowest BCUT2D eigenvalue weighted by Gasteiger charge is -2.26. The fourth-order valence-electron chi connectivity index (χ4n) is 5.24. The summed E-state index contributed by atoms with van der Waals surface area (Å²) >= 11 is 6.50. The summed E-state index contributed by atoms with van der Waals surface area (Å²) in [7, 11) is 3.24. The number of aromatic nitrogens is 6. The van der Waals surface area contributed by atoms with E-state index in [1.807, 2.05) is 84.4 Å². The van der Waals surface area contributed by atoms with Crippen LogP contribution < -0.4 is 14.2 Å². The Bertz CT molecular complexity index is 1900. The Morgan fingerprint density at radius 2 is 1.65 bits per heavy atom. The minimum atomic E-state index is -0.337. The van der Waals surface area contributed by atoms with Crippen LogP contribution in [-0.2, 0) is 0 Å². The topological polar surface area (TPSA) is 88.6 Å². The molecule has 0 aliphatic carbocycles. The Balaban J connectivity index is 1.51. The first-order valence-electron chi connectivity index (χ1n) is 12.6. The Labute approximate surface area is 234 Å². The summed E-state index contributed by atoms with van der Waals surface area (Å²) < 4.78 is 21.2. The summed E-state index contributed by atoms with van der Waals surface area (Å²) in [6, 6.07) is 23.3. The zero-order valence-electron chi connectivity index (χ0n) is 21.9. The van der Waals surface area contributed by atoms with Gasteiger partial charge in [-0.2, -0.15) is 5.10 Å². The smallest absolute Gasteiger partial charge is 0.230 e. The van der Waals surface area contributed by atoms with E-state index in [4.69, 9.17) is 41.0 Å². The molecule has 10 heteroatoms. The SMILES string of the molecule is COc1ccc(C2c3c(C)nn(-c4ccccc4)c3Oc3ncn4nc(-c5ccccc5Cl)nc4c32)cc1OC. The molecule has 0 fully saturated rings. The molecule has 3 aromatic heterocycles. The molecule has 0 saturated heterocycles. The summed E-state index contributed by atoms with van der Waals surface area (Å²) in [6.45, 7) is 1.98. The molecule has 0 N–H and O–H groups in total. The normalized spacial score (nSPS) is 13.9. The molecule has 1 unspecified atom stereocenters. The van der Waals surface area contributed by atoms with Crippen LogP contribution in [0.4, 0.5) is 0 Å². The Kier molecular flexibility index (Phi) is 5.67. The highest BCUT2D eigenvalue weighted by Gasteiger charge is 2.38. The molecule has 198 valence electrons. The standard InChI is InChI=1S/C30H23ClN6O3/c1-17-24-25(18-13-14-22(38-2)23(15-18)39-3)26-28-33-27(20-11-7-8-12-21(20)31)35-36(28)16-32-29(26)40-30(24)37(34-17)19-9-5-4-6-10-19/h4-16,25H,1-3H3. The molecule has 4 heterocycles. The molecule has 1 aliphatic heterocycles. The molecule has 0 spiro atoms. The molecule has 7 rings (SSSR count). The van der Waals surface area contributed by atoms with Crippen LogP contribution in [0.1, 0.15) is 28.3 Å². The number of hydrogen-bond acceptors (Lipinski definition) is 7. The Morgan fingerprint density at radius 3 is 2.42 bits per heavy atom. The zero-order valence-corrected chi connectivity index (χ0v) is 22.6. The lowest BCUT2D eigenvalue weighted by atomic mass is 9.84. The van der Waals surface area contributed by atoms with Gasteiger partial charge in [-0.3, -0.25) is 0 Å². The minimum absolute atomic E-state index is 0.337. The van der Waals surface area contributed by atoms with Gasteiger partial charge >= 0.3 is 0 Å². The number of nitrogens with zero attached hydrogens (tertiary/aromatic N) is 6. The molecule has 1 aliphatic rings. The van der Waals surface area contributed by atoms with Crippen molar-refractivity contribution in [3.05, 3.63) is 107 Å². The molecule has 9 nitrogen and oxygen atoms in total. The van der Waals surface area contributed by atoms with Gasteiger partial charge in [0, 0.05) is 5.56 Å². The van der Waals surface area contributed by atoms with E-state index in [2.05, 4.69) is 4.98 Å². The van der Waals surface area contributed by atoms with Crippen LogP contribution in [0.3, 0.4) is 0 Å². The van der Waals surface area contributed by atoms with Crippen molar-refractivity contribution in [3.8, 4) is 40.3 Å². The van der Waals surface area contributed by atoms with Crippen LogP contribution in [0.5, 0.6) is 23.3 Å². The van der Waals surface area contributed by atoms with E-state index in [1.54, 1.807) is 25.1 Å². The maximum atomic E-state index is 6.51. The molecule has 0 saturated carbocycles. The number of fused-ring (bicyclic) bond motifs is 4. The van der Waals surface area contributed by atoms with E-state index < -0.39 is 0 Å². The number of para-hydroxylation sites is 1. The van der Waals surface area contributed by atoms with Gasteiger partial charge in [0.25, 0.3) is 0 Å². The van der Waals surface area contributed by atoms with Crippen LogP contribution in [0.25, 0.3) is 22.7 Å². The van der Waals surface area contributed by atoms with Crippen molar-refractivity contribution in [1.29, 1.82) is 0 Å². The van der Waals surface area contributed by atoms with Crippen LogP contribution in [0.2, 0.25) is 5.02 Å².